The van der Waals surface area contributed by atoms with E-state index in [4.69, 9.17) is 32.7 Å². The van der Waals surface area contributed by atoms with Crippen LogP contribution in [-0.2, 0) is 19.7 Å². The van der Waals surface area contributed by atoms with Gasteiger partial charge >= 0.3 is 35.5 Å². The molecule has 178 valence electrons. The number of rotatable bonds is 9. The Bertz CT molecular complexity index is 981. The van der Waals surface area contributed by atoms with Gasteiger partial charge in [-0.3, -0.25) is 4.79 Å². The molecule has 3 rings (SSSR count). The van der Waals surface area contributed by atoms with Crippen LogP contribution < -0.4 is 5.32 Å². The van der Waals surface area contributed by atoms with Crippen LogP contribution in [0.3, 0.4) is 0 Å². The van der Waals surface area contributed by atoms with Crippen molar-refractivity contribution >= 4 is 70.7 Å². The molecule has 1 unspecified atom stereocenters. The van der Waals surface area contributed by atoms with Gasteiger partial charge in [0.2, 0.25) is 0 Å². The summed E-state index contributed by atoms with van der Waals surface area (Å²) in [6, 6.07) is 11.7. The summed E-state index contributed by atoms with van der Waals surface area (Å²) in [6.45, 7) is 2.07. The van der Waals surface area contributed by atoms with Crippen molar-refractivity contribution in [3.05, 3.63) is 75.3 Å². The molecule has 2 aromatic rings. The van der Waals surface area contributed by atoms with Crippen LogP contribution in [0.1, 0.15) is 40.7 Å². The van der Waals surface area contributed by atoms with Crippen LogP contribution in [-0.4, -0.2) is 79.5 Å². The van der Waals surface area contributed by atoms with E-state index < -0.39 is 17.9 Å². The van der Waals surface area contributed by atoms with Gasteiger partial charge in [0, 0.05) is 25.7 Å². The van der Waals surface area contributed by atoms with E-state index in [9.17, 15) is 14.7 Å². The molecule has 0 radical (unpaired) electrons. The van der Waals surface area contributed by atoms with Gasteiger partial charge in [-0.2, -0.15) is 0 Å². The van der Waals surface area contributed by atoms with Crippen LogP contribution in [0.4, 0.5) is 0 Å². The van der Waals surface area contributed by atoms with E-state index in [-0.39, 0.29) is 57.0 Å². The molecule has 0 spiro atoms. The molecule has 0 saturated carbocycles. The number of carbonyl (C=O) groups is 2. The zero-order chi connectivity index (χ0) is 23.8. The Balaban J connectivity index is 0.00000408. The Morgan fingerprint density at radius 1 is 1.15 bits per heavy atom. The second kappa shape index (κ2) is 13.6. The van der Waals surface area contributed by atoms with Gasteiger partial charge in [-0.1, -0.05) is 65.7 Å². The quantitative estimate of drug-likeness (QED) is 0.485. The molecule has 34 heavy (non-hydrogen) atoms. The monoisotopic (exact) mass is 515 g/mol. The maximum atomic E-state index is 12.5. The van der Waals surface area contributed by atoms with E-state index in [1.807, 2.05) is 18.2 Å². The Hall–Kier alpha value is -1.38. The van der Waals surface area contributed by atoms with Crippen molar-refractivity contribution in [3.63, 3.8) is 0 Å². The summed E-state index contributed by atoms with van der Waals surface area (Å²) in [5.41, 5.74) is 2.15. The van der Waals surface area contributed by atoms with Crippen molar-refractivity contribution in [1.29, 1.82) is 0 Å². The average Bonchev–Trinajstić information content (AvgIpc) is 2.79. The predicted octanol–water partition coefficient (Wildman–Crippen LogP) is 4.33. The molecule has 2 N–H and O–H groups in total. The second-order valence-corrected chi connectivity index (χ2v) is 8.86. The van der Waals surface area contributed by atoms with Gasteiger partial charge in [-0.05, 0) is 42.5 Å². The van der Waals surface area contributed by atoms with Gasteiger partial charge in [-0.25, -0.2) is 4.79 Å². The SMILES string of the molecule is COCC1(c2ccc(/C=C/CC(NC(=O)c3c(Cl)cccc3Cl)C(=O)O)cc2)CCOCC1.[NaH]. The van der Waals surface area contributed by atoms with E-state index in [1.54, 1.807) is 19.3 Å². The molecule has 1 heterocycles. The Labute approximate surface area is 231 Å². The zero-order valence-corrected chi connectivity index (χ0v) is 19.9. The third-order valence-corrected chi connectivity index (χ3v) is 6.50. The van der Waals surface area contributed by atoms with Gasteiger partial charge in [0.15, 0.2) is 0 Å². The summed E-state index contributed by atoms with van der Waals surface area (Å²) < 4.78 is 11.0. The van der Waals surface area contributed by atoms with Crippen LogP contribution in [0.25, 0.3) is 6.08 Å². The number of nitrogens with one attached hydrogen (secondary N) is 1. The molecule has 1 fully saturated rings. The normalized spacial score (nSPS) is 16.0. The first-order valence-electron chi connectivity index (χ1n) is 10.7. The van der Waals surface area contributed by atoms with Gasteiger partial charge in [-0.15, -0.1) is 0 Å². The second-order valence-electron chi connectivity index (χ2n) is 8.05. The van der Waals surface area contributed by atoms with E-state index in [2.05, 4.69) is 17.4 Å². The molecule has 1 aliphatic heterocycles. The number of carbonyl (C=O) groups excluding carboxylic acids is 1. The van der Waals surface area contributed by atoms with Crippen LogP contribution in [0.15, 0.2) is 48.5 Å². The van der Waals surface area contributed by atoms with E-state index >= 15 is 0 Å². The minimum atomic E-state index is -1.15. The average molecular weight is 516 g/mol. The van der Waals surface area contributed by atoms with Crippen molar-refractivity contribution in [3.8, 4) is 0 Å². The molecule has 0 bridgehead atoms. The summed E-state index contributed by atoms with van der Waals surface area (Å²) >= 11 is 12.1. The van der Waals surface area contributed by atoms with Crippen LogP contribution >= 0.6 is 23.2 Å². The first kappa shape index (κ1) is 28.9. The fraction of sp³-hybridized carbons (Fsp3) is 0.360. The van der Waals surface area contributed by atoms with Gasteiger partial charge < -0.3 is 19.9 Å². The molecular formula is C25H28Cl2NNaO5. The third kappa shape index (κ3) is 7.31. The standard InChI is InChI=1S/C25H27Cl2NO5.Na.H/c1-32-16-25(12-14-33-15-13-25)18-10-8-17(9-11-18)4-2-7-21(24(30)31)28-23(29)22-19(26)5-3-6-20(22)27;;/h2-6,8-11,21H,7,12-16H2,1H3,(H,28,29)(H,30,31);;/b4-2+;;. The number of methoxy groups -OCH3 is 1. The molecule has 1 aliphatic rings. The molecule has 0 aromatic heterocycles. The number of ether oxygens (including phenoxy) is 2. The summed E-state index contributed by atoms with van der Waals surface area (Å²) in [7, 11) is 1.71. The first-order valence-corrected chi connectivity index (χ1v) is 11.4. The number of hydrogen-bond donors (Lipinski definition) is 2. The molecule has 0 aliphatic carbocycles. The Kier molecular flexibility index (Phi) is 11.6. The number of benzene rings is 2. The Morgan fingerprint density at radius 2 is 1.76 bits per heavy atom. The molecular weight excluding hydrogens is 488 g/mol. The molecule has 1 atom stereocenters. The Morgan fingerprint density at radius 3 is 2.32 bits per heavy atom. The minimum absolute atomic E-state index is 0. The molecule has 1 saturated heterocycles. The molecule has 9 heteroatoms. The third-order valence-electron chi connectivity index (χ3n) is 5.87. The van der Waals surface area contributed by atoms with E-state index in [0.29, 0.717) is 19.8 Å². The number of halogens is 2. The van der Waals surface area contributed by atoms with Crippen molar-refractivity contribution in [2.45, 2.75) is 30.7 Å². The van der Waals surface area contributed by atoms with Crippen molar-refractivity contribution in [2.75, 3.05) is 26.9 Å². The number of aliphatic carboxylic acids is 1. The summed E-state index contributed by atoms with van der Waals surface area (Å²) in [6.07, 6.45) is 5.48. The van der Waals surface area contributed by atoms with Crippen molar-refractivity contribution < 1.29 is 24.2 Å². The topological polar surface area (TPSA) is 84.9 Å². The summed E-state index contributed by atoms with van der Waals surface area (Å²) in [5, 5.41) is 12.3. The van der Waals surface area contributed by atoms with E-state index in [1.165, 1.54) is 17.7 Å². The van der Waals surface area contributed by atoms with Gasteiger partial charge in [0.05, 0.1) is 22.2 Å². The number of hydrogen-bond acceptors (Lipinski definition) is 4. The van der Waals surface area contributed by atoms with Crippen LogP contribution in [0.5, 0.6) is 0 Å². The van der Waals surface area contributed by atoms with E-state index in [0.717, 1.165) is 18.4 Å². The fourth-order valence-electron chi connectivity index (χ4n) is 4.01. The first-order chi connectivity index (χ1) is 15.9. The molecule has 2 aromatic carbocycles. The number of carboxylic acid groups (broad SMARTS) is 1. The number of amides is 1. The van der Waals surface area contributed by atoms with Crippen LogP contribution in [0, 0.1) is 0 Å². The molecule has 6 nitrogen and oxygen atoms in total. The predicted molar refractivity (Wildman–Crippen MR) is 136 cm³/mol. The summed E-state index contributed by atoms with van der Waals surface area (Å²) in [5.74, 6) is -1.77. The van der Waals surface area contributed by atoms with Crippen molar-refractivity contribution in [1.82, 2.24) is 5.32 Å². The van der Waals surface area contributed by atoms with Gasteiger partial charge in [0.25, 0.3) is 5.91 Å². The molecule has 1 amide bonds. The fourth-order valence-corrected chi connectivity index (χ4v) is 4.58. The van der Waals surface area contributed by atoms with Crippen molar-refractivity contribution in [2.24, 2.45) is 0 Å². The van der Waals surface area contributed by atoms with Gasteiger partial charge in [0.1, 0.15) is 6.04 Å². The number of carboxylic acids is 1. The summed E-state index contributed by atoms with van der Waals surface area (Å²) in [4.78, 5) is 24.2. The van der Waals surface area contributed by atoms with Crippen LogP contribution in [0.2, 0.25) is 10.0 Å². The zero-order valence-electron chi connectivity index (χ0n) is 18.4. The maximum absolute atomic E-state index is 12.5.